The van der Waals surface area contributed by atoms with Crippen molar-refractivity contribution in [3.8, 4) is 0 Å². The van der Waals surface area contributed by atoms with Crippen molar-refractivity contribution in [1.82, 2.24) is 10.2 Å². The van der Waals surface area contributed by atoms with Crippen molar-refractivity contribution in [1.29, 1.82) is 0 Å². The molecule has 2 N–H and O–H groups in total. The Bertz CT molecular complexity index is 787. The van der Waals surface area contributed by atoms with Gasteiger partial charge in [-0.25, -0.2) is 4.79 Å². The van der Waals surface area contributed by atoms with Gasteiger partial charge in [0.05, 0.1) is 13.2 Å². The molecule has 1 saturated heterocycles. The zero-order valence-corrected chi connectivity index (χ0v) is 16.2. The lowest BCUT2D eigenvalue weighted by atomic mass is 10.2. The number of hydrogen-bond donors (Lipinski definition) is 2. The Kier molecular flexibility index (Phi) is 6.09. The van der Waals surface area contributed by atoms with Crippen LogP contribution in [0.25, 0.3) is 0 Å². The predicted octanol–water partition coefficient (Wildman–Crippen LogP) is 2.70. The summed E-state index contributed by atoms with van der Waals surface area (Å²) in [5.74, 6) is 0. The smallest absolute Gasteiger partial charge is 0.319 e. The van der Waals surface area contributed by atoms with E-state index in [0.29, 0.717) is 6.54 Å². The normalized spacial score (nSPS) is 16.6. The van der Waals surface area contributed by atoms with Crippen LogP contribution in [0.5, 0.6) is 0 Å². The third-order valence-corrected chi connectivity index (χ3v) is 5.37. The van der Waals surface area contributed by atoms with Crippen LogP contribution in [0.3, 0.4) is 0 Å². The van der Waals surface area contributed by atoms with Crippen LogP contribution >= 0.6 is 0 Å². The number of benzene rings is 2. The van der Waals surface area contributed by atoms with Crippen LogP contribution in [0.4, 0.5) is 16.2 Å². The number of rotatable bonds is 6. The van der Waals surface area contributed by atoms with E-state index in [2.05, 4.69) is 56.8 Å². The highest BCUT2D eigenvalue weighted by Crippen LogP contribution is 2.26. The quantitative estimate of drug-likeness (QED) is 0.809. The highest BCUT2D eigenvalue weighted by atomic mass is 16.5. The molecule has 6 heteroatoms. The van der Waals surface area contributed by atoms with E-state index >= 15 is 0 Å². The van der Waals surface area contributed by atoms with E-state index in [4.69, 9.17) is 4.74 Å². The molecule has 2 aliphatic heterocycles. The lowest BCUT2D eigenvalue weighted by Crippen LogP contribution is -2.36. The molecule has 0 radical (unpaired) electrons. The number of anilines is 2. The van der Waals surface area contributed by atoms with E-state index in [-0.39, 0.29) is 6.03 Å². The van der Waals surface area contributed by atoms with Crippen molar-refractivity contribution >= 4 is 17.4 Å². The molecule has 0 spiro atoms. The first kappa shape index (κ1) is 18.8. The molecule has 2 aliphatic rings. The molecule has 28 heavy (non-hydrogen) atoms. The van der Waals surface area contributed by atoms with Crippen molar-refractivity contribution in [3.05, 3.63) is 59.7 Å². The number of amides is 2. The maximum atomic E-state index is 12.2. The second-order valence-corrected chi connectivity index (χ2v) is 7.33. The maximum absolute atomic E-state index is 12.2. The molecular formula is C22H28N4O2. The van der Waals surface area contributed by atoms with Gasteiger partial charge in [0.1, 0.15) is 0 Å². The number of nitrogens with one attached hydrogen (secondary N) is 2. The van der Waals surface area contributed by atoms with Gasteiger partial charge in [-0.3, -0.25) is 4.90 Å². The lowest BCUT2D eigenvalue weighted by molar-refractivity contribution is 0.0342. The minimum atomic E-state index is -0.159. The summed E-state index contributed by atoms with van der Waals surface area (Å²) in [6, 6.07) is 16.4. The molecule has 0 unspecified atom stereocenters. The molecule has 0 atom stereocenters. The molecule has 2 aromatic rings. The molecule has 0 saturated carbocycles. The van der Waals surface area contributed by atoms with E-state index in [0.717, 1.165) is 58.0 Å². The fourth-order valence-corrected chi connectivity index (χ4v) is 3.83. The fraction of sp³-hybridized carbons (Fsp3) is 0.409. The fourth-order valence-electron chi connectivity index (χ4n) is 3.83. The van der Waals surface area contributed by atoms with Crippen LogP contribution in [0.2, 0.25) is 0 Å². The topological polar surface area (TPSA) is 56.8 Å². The Morgan fingerprint density at radius 1 is 1.00 bits per heavy atom. The number of morpholine rings is 1. The van der Waals surface area contributed by atoms with Crippen LogP contribution in [0.15, 0.2) is 48.5 Å². The first-order chi connectivity index (χ1) is 13.8. The number of urea groups is 1. The number of fused-ring (bicyclic) bond motifs is 1. The van der Waals surface area contributed by atoms with Crippen molar-refractivity contribution in [3.63, 3.8) is 0 Å². The monoisotopic (exact) mass is 380 g/mol. The lowest BCUT2D eigenvalue weighted by Gasteiger charge is -2.26. The van der Waals surface area contributed by atoms with Crippen LogP contribution in [0.1, 0.15) is 11.1 Å². The Morgan fingerprint density at radius 2 is 1.79 bits per heavy atom. The molecule has 0 aromatic heterocycles. The standard InChI is InChI=1S/C22H28N4O2/c27-22(23-10-12-26-11-9-19-3-1-2-4-21(19)26)24-20-7-5-18(6-8-20)17-25-13-15-28-16-14-25/h1-8H,9-17H2,(H2,23,24,27). The summed E-state index contributed by atoms with van der Waals surface area (Å²) in [4.78, 5) is 16.9. The average molecular weight is 380 g/mol. The highest BCUT2D eigenvalue weighted by Gasteiger charge is 2.17. The summed E-state index contributed by atoms with van der Waals surface area (Å²) in [5.41, 5.74) is 4.75. The van der Waals surface area contributed by atoms with Gasteiger partial charge in [0.2, 0.25) is 0 Å². The van der Waals surface area contributed by atoms with Gasteiger partial charge >= 0.3 is 6.03 Å². The average Bonchev–Trinajstić information content (AvgIpc) is 3.14. The molecule has 148 valence electrons. The van der Waals surface area contributed by atoms with Gasteiger partial charge < -0.3 is 20.3 Å². The number of carbonyl (C=O) groups excluding carboxylic acids is 1. The summed E-state index contributed by atoms with van der Waals surface area (Å²) in [7, 11) is 0. The molecule has 0 bridgehead atoms. The number of nitrogens with zero attached hydrogens (tertiary/aromatic N) is 2. The molecule has 4 rings (SSSR count). The predicted molar refractivity (Wildman–Crippen MR) is 112 cm³/mol. The van der Waals surface area contributed by atoms with Gasteiger partial charge in [0, 0.05) is 50.6 Å². The zero-order valence-electron chi connectivity index (χ0n) is 16.2. The van der Waals surface area contributed by atoms with Gasteiger partial charge in [-0.2, -0.15) is 0 Å². The summed E-state index contributed by atoms with van der Waals surface area (Å²) >= 11 is 0. The van der Waals surface area contributed by atoms with Crippen molar-refractivity contribution in [2.24, 2.45) is 0 Å². The Hall–Kier alpha value is -2.57. The van der Waals surface area contributed by atoms with E-state index in [1.807, 2.05) is 12.1 Å². The molecule has 2 heterocycles. The zero-order chi connectivity index (χ0) is 19.2. The van der Waals surface area contributed by atoms with E-state index in [1.54, 1.807) is 0 Å². The molecule has 1 fully saturated rings. The van der Waals surface area contributed by atoms with Gasteiger partial charge in [-0.15, -0.1) is 0 Å². The first-order valence-electron chi connectivity index (χ1n) is 10.0. The minimum Gasteiger partial charge on any atom is -0.379 e. The van der Waals surface area contributed by atoms with Gasteiger partial charge in [0.25, 0.3) is 0 Å². The number of para-hydroxylation sites is 1. The number of ether oxygens (including phenoxy) is 1. The third-order valence-electron chi connectivity index (χ3n) is 5.37. The van der Waals surface area contributed by atoms with Gasteiger partial charge in [0.15, 0.2) is 0 Å². The van der Waals surface area contributed by atoms with Crippen LogP contribution in [0, 0.1) is 0 Å². The molecule has 2 amide bonds. The summed E-state index contributed by atoms with van der Waals surface area (Å²) in [5, 5.41) is 5.87. The SMILES string of the molecule is O=C(NCCN1CCc2ccccc21)Nc1ccc(CN2CCOCC2)cc1. The molecule has 2 aromatic carbocycles. The second-order valence-electron chi connectivity index (χ2n) is 7.33. The van der Waals surface area contributed by atoms with Crippen molar-refractivity contribution in [2.45, 2.75) is 13.0 Å². The van der Waals surface area contributed by atoms with Crippen LogP contribution in [-0.4, -0.2) is 56.9 Å². The maximum Gasteiger partial charge on any atom is 0.319 e. The van der Waals surface area contributed by atoms with E-state index in [1.165, 1.54) is 16.8 Å². The Labute approximate surface area is 166 Å². The second kappa shape index (κ2) is 9.08. The Morgan fingerprint density at radius 3 is 2.61 bits per heavy atom. The summed E-state index contributed by atoms with van der Waals surface area (Å²) in [6.45, 7) is 6.96. The first-order valence-corrected chi connectivity index (χ1v) is 10.0. The molecular weight excluding hydrogens is 352 g/mol. The van der Waals surface area contributed by atoms with Crippen LogP contribution in [-0.2, 0) is 17.7 Å². The number of carbonyl (C=O) groups is 1. The highest BCUT2D eigenvalue weighted by molar-refractivity contribution is 5.89. The molecule has 0 aliphatic carbocycles. The molecule has 6 nitrogen and oxygen atoms in total. The van der Waals surface area contributed by atoms with E-state index < -0.39 is 0 Å². The Balaban J connectivity index is 1.20. The van der Waals surface area contributed by atoms with Crippen molar-refractivity contribution < 1.29 is 9.53 Å². The van der Waals surface area contributed by atoms with E-state index in [9.17, 15) is 4.79 Å². The summed E-state index contributed by atoms with van der Waals surface area (Å²) < 4.78 is 5.38. The van der Waals surface area contributed by atoms with Crippen molar-refractivity contribution in [2.75, 3.05) is 56.2 Å². The van der Waals surface area contributed by atoms with Gasteiger partial charge in [-0.1, -0.05) is 30.3 Å². The van der Waals surface area contributed by atoms with Crippen LogP contribution < -0.4 is 15.5 Å². The van der Waals surface area contributed by atoms with Gasteiger partial charge in [-0.05, 0) is 35.7 Å². The largest absolute Gasteiger partial charge is 0.379 e. The summed E-state index contributed by atoms with van der Waals surface area (Å²) in [6.07, 6.45) is 1.08. The third kappa shape index (κ3) is 4.82. The number of hydrogen-bond acceptors (Lipinski definition) is 4. The minimum absolute atomic E-state index is 0.159.